The van der Waals surface area contributed by atoms with Gasteiger partial charge in [-0.3, -0.25) is 19.6 Å². The quantitative estimate of drug-likeness (QED) is 0.576. The van der Waals surface area contributed by atoms with Gasteiger partial charge in [-0.2, -0.15) is 5.10 Å². The standard InChI is InChI=1S/C16H16N6O3/c23-16-12-7-15(22(24)25)14(8-13(12)17-10-18-16)20-5-1-3-11(9-20)21-6-2-4-19-21/h2,4,6-8,10-11H,1,3,5,9H2,(H,17,18,23). The van der Waals surface area contributed by atoms with E-state index in [1.54, 1.807) is 12.3 Å². The maximum atomic E-state index is 11.9. The molecule has 1 aromatic carbocycles. The first-order chi connectivity index (χ1) is 12.1. The molecule has 9 heteroatoms. The summed E-state index contributed by atoms with van der Waals surface area (Å²) in [6.45, 7) is 1.34. The molecule has 0 amide bonds. The van der Waals surface area contributed by atoms with Gasteiger partial charge in [0.25, 0.3) is 11.2 Å². The zero-order valence-electron chi connectivity index (χ0n) is 13.3. The fourth-order valence-corrected chi connectivity index (χ4v) is 3.38. The molecule has 1 fully saturated rings. The number of nitrogens with one attached hydrogen (secondary N) is 1. The summed E-state index contributed by atoms with van der Waals surface area (Å²) in [6, 6.07) is 4.97. The van der Waals surface area contributed by atoms with Gasteiger partial charge >= 0.3 is 0 Å². The van der Waals surface area contributed by atoms with E-state index in [-0.39, 0.29) is 22.7 Å². The highest BCUT2D eigenvalue weighted by atomic mass is 16.6. The minimum Gasteiger partial charge on any atom is -0.364 e. The Kier molecular flexibility index (Phi) is 3.68. The minimum absolute atomic E-state index is 0.0767. The third-order valence-electron chi connectivity index (χ3n) is 4.57. The number of rotatable bonds is 3. The molecule has 128 valence electrons. The number of nitro benzene ring substituents is 1. The number of fused-ring (bicyclic) bond motifs is 1. The van der Waals surface area contributed by atoms with E-state index in [4.69, 9.17) is 0 Å². The number of H-pyrrole nitrogens is 1. The largest absolute Gasteiger partial charge is 0.364 e. The van der Waals surface area contributed by atoms with E-state index in [0.717, 1.165) is 12.8 Å². The fraction of sp³-hybridized carbons (Fsp3) is 0.312. The van der Waals surface area contributed by atoms with Gasteiger partial charge in [-0.25, -0.2) is 4.98 Å². The number of anilines is 1. The van der Waals surface area contributed by atoms with Crippen LogP contribution in [0.4, 0.5) is 11.4 Å². The van der Waals surface area contributed by atoms with Crippen LogP contribution in [0.2, 0.25) is 0 Å². The third-order valence-corrected chi connectivity index (χ3v) is 4.57. The summed E-state index contributed by atoms with van der Waals surface area (Å²) in [5, 5.41) is 16.1. The number of benzene rings is 1. The maximum absolute atomic E-state index is 11.9. The normalized spacial score (nSPS) is 17.8. The van der Waals surface area contributed by atoms with Gasteiger partial charge in [0.1, 0.15) is 5.69 Å². The second kappa shape index (κ2) is 6.00. The molecule has 25 heavy (non-hydrogen) atoms. The molecule has 0 spiro atoms. The second-order valence-electron chi connectivity index (χ2n) is 6.07. The molecule has 0 aliphatic carbocycles. The summed E-state index contributed by atoms with van der Waals surface area (Å²) in [6.07, 6.45) is 6.82. The number of nitro groups is 1. The smallest absolute Gasteiger partial charge is 0.293 e. The number of nitrogens with zero attached hydrogens (tertiary/aromatic N) is 5. The van der Waals surface area contributed by atoms with Crippen molar-refractivity contribution >= 4 is 22.3 Å². The first kappa shape index (κ1) is 15.3. The SMILES string of the molecule is O=c1[nH]cnc2cc(N3CCCC(n4cccn4)C3)c([N+](=O)[O-])cc12. The Balaban J connectivity index is 1.78. The monoisotopic (exact) mass is 340 g/mol. The minimum atomic E-state index is -0.446. The molecule has 1 aliphatic rings. The lowest BCUT2D eigenvalue weighted by Crippen LogP contribution is -2.37. The van der Waals surface area contributed by atoms with Crippen LogP contribution in [0, 0.1) is 10.1 Å². The first-order valence-corrected chi connectivity index (χ1v) is 8.03. The van der Waals surface area contributed by atoms with Gasteiger partial charge in [0.2, 0.25) is 0 Å². The molecule has 3 aromatic rings. The number of aromatic nitrogens is 4. The average molecular weight is 340 g/mol. The van der Waals surface area contributed by atoms with Gasteiger partial charge in [-0.15, -0.1) is 0 Å². The Morgan fingerprint density at radius 1 is 1.36 bits per heavy atom. The number of hydrogen-bond donors (Lipinski definition) is 1. The van der Waals surface area contributed by atoms with Crippen molar-refractivity contribution in [1.82, 2.24) is 19.7 Å². The molecule has 0 saturated carbocycles. The average Bonchev–Trinajstić information content (AvgIpc) is 3.16. The summed E-state index contributed by atoms with van der Waals surface area (Å²) in [7, 11) is 0. The molecule has 0 bridgehead atoms. The third kappa shape index (κ3) is 2.73. The van der Waals surface area contributed by atoms with Gasteiger partial charge in [0, 0.05) is 31.5 Å². The van der Waals surface area contributed by atoms with E-state index in [0.29, 0.717) is 24.3 Å². The van der Waals surface area contributed by atoms with Crippen LogP contribution in [0.25, 0.3) is 10.9 Å². The zero-order valence-corrected chi connectivity index (χ0v) is 13.3. The Bertz CT molecular complexity index is 981. The van der Waals surface area contributed by atoms with E-state index >= 15 is 0 Å². The van der Waals surface area contributed by atoms with E-state index in [1.807, 2.05) is 21.8 Å². The first-order valence-electron chi connectivity index (χ1n) is 8.03. The second-order valence-corrected chi connectivity index (χ2v) is 6.07. The summed E-state index contributed by atoms with van der Waals surface area (Å²) >= 11 is 0. The molecular weight excluding hydrogens is 324 g/mol. The van der Waals surface area contributed by atoms with E-state index < -0.39 is 4.92 Å². The Labute approximate surface area is 142 Å². The Morgan fingerprint density at radius 3 is 3.00 bits per heavy atom. The molecule has 1 unspecified atom stereocenters. The summed E-state index contributed by atoms with van der Waals surface area (Å²) in [5.74, 6) is 0. The fourth-order valence-electron chi connectivity index (χ4n) is 3.38. The van der Waals surface area contributed by atoms with Crippen molar-refractivity contribution in [3.63, 3.8) is 0 Å². The van der Waals surface area contributed by atoms with Gasteiger partial charge < -0.3 is 9.88 Å². The van der Waals surface area contributed by atoms with Crippen LogP contribution in [0.5, 0.6) is 0 Å². The summed E-state index contributed by atoms with van der Waals surface area (Å²) < 4.78 is 1.89. The Hall–Kier alpha value is -3.23. The van der Waals surface area contributed by atoms with Crippen LogP contribution in [-0.2, 0) is 0 Å². The number of hydrogen-bond acceptors (Lipinski definition) is 6. The van der Waals surface area contributed by atoms with Crippen LogP contribution in [-0.4, -0.2) is 37.8 Å². The lowest BCUT2D eigenvalue weighted by atomic mass is 10.0. The maximum Gasteiger partial charge on any atom is 0.293 e. The molecule has 4 rings (SSSR count). The van der Waals surface area contributed by atoms with Crippen LogP contribution in [0.15, 0.2) is 41.7 Å². The van der Waals surface area contributed by atoms with Crippen LogP contribution < -0.4 is 10.5 Å². The topological polar surface area (TPSA) is 110 Å². The molecular formula is C16H16N6O3. The highest BCUT2D eigenvalue weighted by Gasteiger charge is 2.27. The molecule has 1 N–H and O–H groups in total. The number of aromatic amines is 1. The van der Waals surface area contributed by atoms with Gasteiger partial charge in [-0.05, 0) is 25.0 Å². The molecule has 3 heterocycles. The molecule has 9 nitrogen and oxygen atoms in total. The van der Waals surface area contributed by atoms with E-state index in [2.05, 4.69) is 15.1 Å². The van der Waals surface area contributed by atoms with E-state index in [1.165, 1.54) is 12.4 Å². The van der Waals surface area contributed by atoms with Crippen LogP contribution in [0.3, 0.4) is 0 Å². The van der Waals surface area contributed by atoms with Gasteiger partial charge in [0.05, 0.1) is 28.2 Å². The van der Waals surface area contributed by atoms with Crippen molar-refractivity contribution in [3.8, 4) is 0 Å². The van der Waals surface area contributed by atoms with Crippen molar-refractivity contribution in [2.24, 2.45) is 0 Å². The zero-order chi connectivity index (χ0) is 17.4. The lowest BCUT2D eigenvalue weighted by Gasteiger charge is -2.34. The molecule has 1 saturated heterocycles. The van der Waals surface area contributed by atoms with Crippen LogP contribution >= 0.6 is 0 Å². The Morgan fingerprint density at radius 2 is 2.24 bits per heavy atom. The van der Waals surface area contributed by atoms with Crippen LogP contribution in [0.1, 0.15) is 18.9 Å². The highest BCUT2D eigenvalue weighted by molar-refractivity contribution is 5.87. The summed E-state index contributed by atoms with van der Waals surface area (Å²) in [5.41, 5.74) is 0.484. The van der Waals surface area contributed by atoms with Crippen molar-refractivity contribution in [2.75, 3.05) is 18.0 Å². The van der Waals surface area contributed by atoms with Gasteiger partial charge in [0.15, 0.2) is 0 Å². The van der Waals surface area contributed by atoms with E-state index in [9.17, 15) is 14.9 Å². The molecule has 2 aromatic heterocycles. The van der Waals surface area contributed by atoms with Crippen molar-refractivity contribution < 1.29 is 4.92 Å². The predicted octanol–water partition coefficient (Wildman–Crippen LogP) is 1.87. The molecule has 1 aliphatic heterocycles. The molecule has 1 atom stereocenters. The lowest BCUT2D eigenvalue weighted by molar-refractivity contribution is -0.384. The van der Waals surface area contributed by atoms with Crippen molar-refractivity contribution in [2.45, 2.75) is 18.9 Å². The highest BCUT2D eigenvalue weighted by Crippen LogP contribution is 2.34. The predicted molar refractivity (Wildman–Crippen MR) is 91.7 cm³/mol. The van der Waals surface area contributed by atoms with Crippen molar-refractivity contribution in [1.29, 1.82) is 0 Å². The molecule has 0 radical (unpaired) electrons. The number of piperidine rings is 1. The summed E-state index contributed by atoms with van der Waals surface area (Å²) in [4.78, 5) is 31.6. The van der Waals surface area contributed by atoms with Crippen molar-refractivity contribution in [3.05, 3.63) is 57.4 Å². The van der Waals surface area contributed by atoms with Gasteiger partial charge in [-0.1, -0.05) is 0 Å².